The van der Waals surface area contributed by atoms with Crippen LogP contribution in [0.1, 0.15) is 5.56 Å². The molecule has 0 saturated carbocycles. The van der Waals surface area contributed by atoms with Crippen molar-refractivity contribution >= 4 is 21.9 Å². The van der Waals surface area contributed by atoms with Gasteiger partial charge in [-0.2, -0.15) is 0 Å². The average molecular weight is 226 g/mol. The minimum absolute atomic E-state index is 0.353. The zero-order valence-electron chi connectivity index (χ0n) is 9.10. The zero-order chi connectivity index (χ0) is 11.8. The van der Waals surface area contributed by atoms with Gasteiger partial charge in [0.1, 0.15) is 11.2 Å². The fourth-order valence-electron chi connectivity index (χ4n) is 2.06. The van der Waals surface area contributed by atoms with Crippen LogP contribution in [0.2, 0.25) is 0 Å². The molecule has 0 aliphatic rings. The number of hydrogen-bond acceptors (Lipinski definition) is 3. The minimum Gasteiger partial charge on any atom is -0.464 e. The van der Waals surface area contributed by atoms with E-state index in [9.17, 15) is 4.79 Å². The molecule has 2 aromatic heterocycles. The summed E-state index contributed by atoms with van der Waals surface area (Å²) in [5, 5.41) is 1.90. The van der Waals surface area contributed by atoms with Crippen molar-refractivity contribution in [2.45, 2.75) is 6.42 Å². The summed E-state index contributed by atoms with van der Waals surface area (Å²) in [5.41, 5.74) is 1.86. The quantitative estimate of drug-likeness (QED) is 0.497. The maximum atomic E-state index is 11.3. The van der Waals surface area contributed by atoms with Crippen LogP contribution in [0.25, 0.3) is 21.9 Å². The van der Waals surface area contributed by atoms with E-state index < -0.39 is 0 Å². The van der Waals surface area contributed by atoms with Gasteiger partial charge < -0.3 is 8.83 Å². The van der Waals surface area contributed by atoms with E-state index in [-0.39, 0.29) is 5.63 Å². The second-order valence-corrected chi connectivity index (χ2v) is 3.86. The Kier molecular flexibility index (Phi) is 2.11. The highest BCUT2D eigenvalue weighted by atomic mass is 16.4. The summed E-state index contributed by atoms with van der Waals surface area (Å²) in [4.78, 5) is 11.3. The van der Waals surface area contributed by atoms with Crippen LogP contribution < -0.4 is 5.63 Å². The smallest absolute Gasteiger partial charge is 0.336 e. The lowest BCUT2D eigenvalue weighted by Gasteiger charge is -2.03. The average Bonchev–Trinajstić information content (AvgIpc) is 2.77. The molecular weight excluding hydrogens is 216 g/mol. The van der Waals surface area contributed by atoms with Crippen LogP contribution >= 0.6 is 0 Å². The number of rotatable bonds is 2. The Balaban J connectivity index is 2.54. The second-order valence-electron chi connectivity index (χ2n) is 3.86. The molecule has 0 radical (unpaired) electrons. The fraction of sp³-hybridized carbons (Fsp3) is 0.0714. The summed E-state index contributed by atoms with van der Waals surface area (Å²) in [6.07, 6.45) is 4.01. The number of fused-ring (bicyclic) bond motifs is 2. The van der Waals surface area contributed by atoms with Crippen LogP contribution in [-0.2, 0) is 6.42 Å². The van der Waals surface area contributed by atoms with E-state index in [0.29, 0.717) is 12.0 Å². The summed E-state index contributed by atoms with van der Waals surface area (Å²) in [6.45, 7) is 3.71. The third kappa shape index (κ3) is 1.47. The highest BCUT2D eigenvalue weighted by Crippen LogP contribution is 2.28. The van der Waals surface area contributed by atoms with Crippen molar-refractivity contribution in [2.75, 3.05) is 0 Å². The summed E-state index contributed by atoms with van der Waals surface area (Å²) < 4.78 is 10.7. The Morgan fingerprint density at radius 1 is 1.18 bits per heavy atom. The second kappa shape index (κ2) is 3.63. The Morgan fingerprint density at radius 3 is 2.82 bits per heavy atom. The van der Waals surface area contributed by atoms with Gasteiger partial charge in [0.2, 0.25) is 0 Å². The molecule has 0 aliphatic carbocycles. The molecule has 0 spiro atoms. The first-order chi connectivity index (χ1) is 8.29. The van der Waals surface area contributed by atoms with Crippen LogP contribution in [0.3, 0.4) is 0 Å². The lowest BCUT2D eigenvalue weighted by molar-refractivity contribution is 0.555. The Hall–Kier alpha value is -2.29. The molecule has 0 amide bonds. The first-order valence-corrected chi connectivity index (χ1v) is 5.33. The molecule has 0 fully saturated rings. The molecule has 3 aromatic rings. The van der Waals surface area contributed by atoms with E-state index in [4.69, 9.17) is 8.83 Å². The van der Waals surface area contributed by atoms with Crippen molar-refractivity contribution in [2.24, 2.45) is 0 Å². The van der Waals surface area contributed by atoms with Crippen LogP contribution in [0, 0.1) is 0 Å². The van der Waals surface area contributed by atoms with Crippen molar-refractivity contribution in [3.8, 4) is 0 Å². The molecule has 0 aliphatic heterocycles. The third-order valence-corrected chi connectivity index (χ3v) is 2.77. The van der Waals surface area contributed by atoms with E-state index in [1.807, 2.05) is 12.1 Å². The molecule has 3 rings (SSSR count). The summed E-state index contributed by atoms with van der Waals surface area (Å²) in [5.74, 6) is 0. The van der Waals surface area contributed by atoms with Crippen LogP contribution in [0.5, 0.6) is 0 Å². The molecule has 1 aromatic carbocycles. The summed E-state index contributed by atoms with van der Waals surface area (Å²) >= 11 is 0. The van der Waals surface area contributed by atoms with Crippen molar-refractivity contribution < 1.29 is 8.83 Å². The topological polar surface area (TPSA) is 43.4 Å². The molecule has 0 unspecified atom stereocenters. The molecule has 0 bridgehead atoms. The van der Waals surface area contributed by atoms with Crippen LogP contribution in [0.15, 0.2) is 56.8 Å². The van der Waals surface area contributed by atoms with Gasteiger partial charge >= 0.3 is 5.63 Å². The maximum absolute atomic E-state index is 11.3. The largest absolute Gasteiger partial charge is 0.464 e. The molecule has 3 heteroatoms. The lowest BCUT2D eigenvalue weighted by Crippen LogP contribution is -1.97. The van der Waals surface area contributed by atoms with Crippen molar-refractivity contribution in [3.05, 3.63) is 59.2 Å². The van der Waals surface area contributed by atoms with E-state index in [0.717, 1.165) is 21.9 Å². The van der Waals surface area contributed by atoms with E-state index in [1.165, 1.54) is 6.07 Å². The number of benzene rings is 1. The number of allylic oxidation sites excluding steroid dienone is 1. The molecule has 84 valence electrons. The van der Waals surface area contributed by atoms with Crippen LogP contribution in [0.4, 0.5) is 0 Å². The van der Waals surface area contributed by atoms with Gasteiger partial charge in [-0.15, -0.1) is 6.58 Å². The first-order valence-electron chi connectivity index (χ1n) is 5.33. The predicted octanol–water partition coefficient (Wildman–Crippen LogP) is 3.27. The van der Waals surface area contributed by atoms with Crippen molar-refractivity contribution in [1.82, 2.24) is 0 Å². The van der Waals surface area contributed by atoms with Crippen LogP contribution in [-0.4, -0.2) is 0 Å². The molecular formula is C14H10O3. The standard InChI is InChI=1S/C14H10O3/c1-2-3-11-13-10(6-7-16-13)8-9-4-5-12(15)17-14(9)11/h2,4-8H,1,3H2. The van der Waals surface area contributed by atoms with Gasteiger partial charge in [-0.1, -0.05) is 6.08 Å². The molecule has 0 atom stereocenters. The fourth-order valence-corrected chi connectivity index (χ4v) is 2.06. The van der Waals surface area contributed by atoms with Gasteiger partial charge in [-0.05, 0) is 24.6 Å². The molecule has 0 saturated heterocycles. The maximum Gasteiger partial charge on any atom is 0.336 e. The predicted molar refractivity (Wildman–Crippen MR) is 66.2 cm³/mol. The van der Waals surface area contributed by atoms with Gasteiger partial charge in [0.05, 0.1) is 6.26 Å². The van der Waals surface area contributed by atoms with Crippen molar-refractivity contribution in [3.63, 3.8) is 0 Å². The molecule has 3 nitrogen and oxygen atoms in total. The van der Waals surface area contributed by atoms with Crippen molar-refractivity contribution in [1.29, 1.82) is 0 Å². The van der Waals surface area contributed by atoms with Gasteiger partial charge in [0.25, 0.3) is 0 Å². The molecule has 0 N–H and O–H groups in total. The van der Waals surface area contributed by atoms with E-state index >= 15 is 0 Å². The summed E-state index contributed by atoms with van der Waals surface area (Å²) in [7, 11) is 0. The van der Waals surface area contributed by atoms with Gasteiger partial charge in [-0.25, -0.2) is 4.79 Å². The number of hydrogen-bond donors (Lipinski definition) is 0. The zero-order valence-corrected chi connectivity index (χ0v) is 9.10. The highest BCUT2D eigenvalue weighted by Gasteiger charge is 2.11. The monoisotopic (exact) mass is 226 g/mol. The third-order valence-electron chi connectivity index (χ3n) is 2.77. The first kappa shape index (κ1) is 9.90. The van der Waals surface area contributed by atoms with E-state index in [1.54, 1.807) is 18.4 Å². The van der Waals surface area contributed by atoms with Gasteiger partial charge in [-0.3, -0.25) is 0 Å². The van der Waals surface area contributed by atoms with Gasteiger partial charge in [0, 0.05) is 22.4 Å². The highest BCUT2D eigenvalue weighted by molar-refractivity contribution is 5.97. The Bertz CT molecular complexity index is 762. The number of furan rings is 1. The SMILES string of the molecule is C=CCc1c2occc2cc2ccc(=O)oc12. The molecule has 17 heavy (non-hydrogen) atoms. The Morgan fingerprint density at radius 2 is 2.00 bits per heavy atom. The lowest BCUT2D eigenvalue weighted by atomic mass is 10.0. The van der Waals surface area contributed by atoms with Gasteiger partial charge in [0.15, 0.2) is 0 Å². The van der Waals surface area contributed by atoms with E-state index in [2.05, 4.69) is 6.58 Å². The minimum atomic E-state index is -0.353. The molecule has 2 heterocycles. The summed E-state index contributed by atoms with van der Waals surface area (Å²) in [6, 6.07) is 7.03. The Labute approximate surface area is 97.0 Å². The normalized spacial score (nSPS) is 11.1.